The molecule has 0 atom stereocenters. The Labute approximate surface area is 126 Å². The van der Waals surface area contributed by atoms with Gasteiger partial charge in [0.2, 0.25) is 0 Å². The van der Waals surface area contributed by atoms with E-state index in [9.17, 15) is 4.79 Å². The molecule has 0 aliphatic carbocycles. The van der Waals surface area contributed by atoms with Gasteiger partial charge in [-0.15, -0.1) is 0 Å². The maximum absolute atomic E-state index is 11.2. The molecule has 0 saturated carbocycles. The lowest BCUT2D eigenvalue weighted by Gasteiger charge is -2.34. The van der Waals surface area contributed by atoms with E-state index >= 15 is 0 Å². The highest BCUT2D eigenvalue weighted by molar-refractivity contribution is 5.69. The summed E-state index contributed by atoms with van der Waals surface area (Å²) in [7, 11) is 3.15. The third-order valence-electron chi connectivity index (χ3n) is 3.91. The predicted octanol–water partition coefficient (Wildman–Crippen LogP) is 1.38. The first-order valence-electron chi connectivity index (χ1n) is 7.36. The summed E-state index contributed by atoms with van der Waals surface area (Å²) in [4.78, 5) is 15.9. The molecular formula is C16H24N2O3. The number of ether oxygens (including phenoxy) is 2. The number of hydrogen-bond donors (Lipinski definition) is 0. The molecule has 0 unspecified atom stereocenters. The van der Waals surface area contributed by atoms with Gasteiger partial charge in [-0.05, 0) is 6.07 Å². The first-order valence-corrected chi connectivity index (χ1v) is 7.36. The fourth-order valence-corrected chi connectivity index (χ4v) is 2.60. The van der Waals surface area contributed by atoms with Crippen LogP contribution in [0.4, 0.5) is 0 Å². The van der Waals surface area contributed by atoms with Crippen LogP contribution in [0, 0.1) is 0 Å². The highest BCUT2D eigenvalue weighted by atomic mass is 16.5. The maximum Gasteiger partial charge on any atom is 0.306 e. The molecular weight excluding hydrogens is 268 g/mol. The van der Waals surface area contributed by atoms with Gasteiger partial charge in [-0.1, -0.05) is 18.2 Å². The Bertz CT molecular complexity index is 457. The molecule has 0 radical (unpaired) electrons. The molecule has 1 saturated heterocycles. The van der Waals surface area contributed by atoms with Crippen molar-refractivity contribution in [3.63, 3.8) is 0 Å². The van der Waals surface area contributed by atoms with E-state index in [-0.39, 0.29) is 5.97 Å². The molecule has 5 heteroatoms. The Morgan fingerprint density at radius 2 is 1.76 bits per heavy atom. The third kappa shape index (κ3) is 4.72. The smallest absolute Gasteiger partial charge is 0.306 e. The summed E-state index contributed by atoms with van der Waals surface area (Å²) >= 11 is 0. The van der Waals surface area contributed by atoms with Gasteiger partial charge in [0.25, 0.3) is 0 Å². The number of nitrogens with zero attached hydrogens (tertiary/aromatic N) is 2. The largest absolute Gasteiger partial charge is 0.496 e. The molecule has 1 heterocycles. The minimum absolute atomic E-state index is 0.133. The normalized spacial score (nSPS) is 16.7. The molecule has 0 aromatic heterocycles. The van der Waals surface area contributed by atoms with Gasteiger partial charge in [-0.25, -0.2) is 0 Å². The van der Waals surface area contributed by atoms with Crippen molar-refractivity contribution < 1.29 is 14.3 Å². The van der Waals surface area contributed by atoms with Crippen molar-refractivity contribution in [2.75, 3.05) is 46.9 Å². The predicted molar refractivity (Wildman–Crippen MR) is 81.3 cm³/mol. The van der Waals surface area contributed by atoms with E-state index in [2.05, 4.69) is 20.6 Å². The highest BCUT2D eigenvalue weighted by Gasteiger charge is 2.18. The maximum atomic E-state index is 11.2. The van der Waals surface area contributed by atoms with Crippen LogP contribution in [0.1, 0.15) is 12.0 Å². The van der Waals surface area contributed by atoms with E-state index in [1.807, 2.05) is 18.2 Å². The number of piperazine rings is 1. The fourth-order valence-electron chi connectivity index (χ4n) is 2.60. The second kappa shape index (κ2) is 8.00. The molecule has 0 bridgehead atoms. The van der Waals surface area contributed by atoms with Crippen LogP contribution in [0.3, 0.4) is 0 Å². The van der Waals surface area contributed by atoms with Crippen molar-refractivity contribution in [3.05, 3.63) is 29.8 Å². The Hall–Kier alpha value is -1.59. The molecule has 2 rings (SSSR count). The summed E-state index contributed by atoms with van der Waals surface area (Å²) in [6.07, 6.45) is 0.475. The molecule has 5 nitrogen and oxygen atoms in total. The number of hydrogen-bond acceptors (Lipinski definition) is 5. The van der Waals surface area contributed by atoms with Crippen LogP contribution in [0.5, 0.6) is 5.75 Å². The molecule has 0 amide bonds. The first-order chi connectivity index (χ1) is 10.2. The summed E-state index contributed by atoms with van der Waals surface area (Å²) in [5, 5.41) is 0. The molecule has 1 aliphatic rings. The topological polar surface area (TPSA) is 42.0 Å². The van der Waals surface area contributed by atoms with Gasteiger partial charge < -0.3 is 14.4 Å². The van der Waals surface area contributed by atoms with Crippen molar-refractivity contribution in [2.45, 2.75) is 13.0 Å². The van der Waals surface area contributed by atoms with Crippen LogP contribution in [-0.4, -0.2) is 62.7 Å². The average Bonchev–Trinajstić information content (AvgIpc) is 2.54. The van der Waals surface area contributed by atoms with Crippen LogP contribution in [0.25, 0.3) is 0 Å². The van der Waals surface area contributed by atoms with E-state index in [1.54, 1.807) is 7.11 Å². The number of para-hydroxylation sites is 1. The summed E-state index contributed by atoms with van der Waals surface area (Å²) < 4.78 is 10.1. The van der Waals surface area contributed by atoms with Crippen molar-refractivity contribution in [1.82, 2.24) is 9.80 Å². The monoisotopic (exact) mass is 292 g/mol. The van der Waals surface area contributed by atoms with E-state index < -0.39 is 0 Å². The van der Waals surface area contributed by atoms with Crippen LogP contribution in [0.2, 0.25) is 0 Å². The zero-order chi connectivity index (χ0) is 15.1. The number of esters is 1. The van der Waals surface area contributed by atoms with E-state index in [0.717, 1.165) is 45.0 Å². The number of rotatable bonds is 6. The van der Waals surface area contributed by atoms with Crippen LogP contribution in [0.15, 0.2) is 24.3 Å². The summed E-state index contributed by atoms with van der Waals surface area (Å²) in [5.41, 5.74) is 1.23. The zero-order valence-corrected chi connectivity index (χ0v) is 12.9. The molecule has 1 aromatic carbocycles. The lowest BCUT2D eigenvalue weighted by Crippen LogP contribution is -2.46. The Morgan fingerprint density at radius 1 is 1.10 bits per heavy atom. The van der Waals surface area contributed by atoms with Crippen molar-refractivity contribution in [3.8, 4) is 5.75 Å². The summed E-state index contributed by atoms with van der Waals surface area (Å²) in [6, 6.07) is 8.15. The lowest BCUT2D eigenvalue weighted by molar-refractivity contribution is -0.141. The molecule has 116 valence electrons. The van der Waals surface area contributed by atoms with Gasteiger partial charge in [0.05, 0.1) is 20.6 Å². The Balaban J connectivity index is 1.77. The third-order valence-corrected chi connectivity index (χ3v) is 3.91. The molecule has 0 spiro atoms. The number of carbonyl (C=O) groups excluding carboxylic acids is 1. The van der Waals surface area contributed by atoms with Crippen LogP contribution >= 0.6 is 0 Å². The summed E-state index contributed by atoms with van der Waals surface area (Å²) in [6.45, 7) is 5.71. The van der Waals surface area contributed by atoms with Crippen molar-refractivity contribution in [1.29, 1.82) is 0 Å². The van der Waals surface area contributed by atoms with Gasteiger partial charge in [-0.3, -0.25) is 9.69 Å². The van der Waals surface area contributed by atoms with Gasteiger partial charge in [0.1, 0.15) is 5.75 Å². The second-order valence-corrected chi connectivity index (χ2v) is 5.26. The van der Waals surface area contributed by atoms with Crippen molar-refractivity contribution in [2.24, 2.45) is 0 Å². The fraction of sp³-hybridized carbons (Fsp3) is 0.562. The quantitative estimate of drug-likeness (QED) is 0.741. The standard InChI is InChI=1S/C16H24N2O3/c1-20-15-6-4-3-5-14(15)13-18-11-9-17(10-12-18)8-7-16(19)21-2/h3-6H,7-13H2,1-2H3. The minimum Gasteiger partial charge on any atom is -0.496 e. The number of benzene rings is 1. The van der Waals surface area contributed by atoms with Crippen molar-refractivity contribution >= 4 is 5.97 Å². The molecule has 0 N–H and O–H groups in total. The molecule has 1 fully saturated rings. The van der Waals surface area contributed by atoms with E-state index in [4.69, 9.17) is 4.74 Å². The second-order valence-electron chi connectivity index (χ2n) is 5.26. The van der Waals surface area contributed by atoms with Gasteiger partial charge in [-0.2, -0.15) is 0 Å². The highest BCUT2D eigenvalue weighted by Crippen LogP contribution is 2.19. The van der Waals surface area contributed by atoms with Crippen LogP contribution < -0.4 is 4.74 Å². The van der Waals surface area contributed by atoms with Gasteiger partial charge in [0, 0.05) is 44.8 Å². The summed E-state index contributed by atoms with van der Waals surface area (Å²) in [5.74, 6) is 0.817. The average molecular weight is 292 g/mol. The molecule has 1 aliphatic heterocycles. The number of methoxy groups -OCH3 is 2. The van der Waals surface area contributed by atoms with E-state index in [1.165, 1.54) is 12.7 Å². The number of carbonyl (C=O) groups is 1. The van der Waals surface area contributed by atoms with Gasteiger partial charge in [0.15, 0.2) is 0 Å². The minimum atomic E-state index is -0.133. The first kappa shape index (κ1) is 15.8. The van der Waals surface area contributed by atoms with Gasteiger partial charge >= 0.3 is 5.97 Å². The SMILES string of the molecule is COC(=O)CCN1CCN(Cc2ccccc2OC)CC1. The van der Waals surface area contributed by atoms with Crippen LogP contribution in [-0.2, 0) is 16.1 Å². The Kier molecular flexibility index (Phi) is 6.02. The molecule has 21 heavy (non-hydrogen) atoms. The lowest BCUT2D eigenvalue weighted by atomic mass is 10.1. The molecule has 1 aromatic rings. The zero-order valence-electron chi connectivity index (χ0n) is 12.9. The Morgan fingerprint density at radius 3 is 2.43 bits per heavy atom. The van der Waals surface area contributed by atoms with E-state index in [0.29, 0.717) is 6.42 Å².